The van der Waals surface area contributed by atoms with E-state index in [4.69, 9.17) is 0 Å². The summed E-state index contributed by atoms with van der Waals surface area (Å²) in [6.45, 7) is 2.54. The first-order valence-electron chi connectivity index (χ1n) is 5.11. The zero-order chi connectivity index (χ0) is 12.0. The Morgan fingerprint density at radius 2 is 2.00 bits per heavy atom. The highest BCUT2D eigenvalue weighted by Gasteiger charge is 2.06. The molecule has 5 heteroatoms. The lowest BCUT2D eigenvalue weighted by Crippen LogP contribution is -2.28. The van der Waals surface area contributed by atoms with Crippen LogP contribution >= 0.6 is 12.6 Å². The third-order valence-electron chi connectivity index (χ3n) is 2.03. The average Bonchev–Trinajstić information content (AvgIpc) is 2.26. The van der Waals surface area contributed by atoms with Gasteiger partial charge in [0.25, 0.3) is 5.91 Å². The number of benzene rings is 1. The SMILES string of the molecule is CNNCc1ccc(C(=O)NC(C)S)cc1. The van der Waals surface area contributed by atoms with Gasteiger partial charge in [0.15, 0.2) is 0 Å². The van der Waals surface area contributed by atoms with Gasteiger partial charge in [0.1, 0.15) is 0 Å². The van der Waals surface area contributed by atoms with Crippen LogP contribution in [0.3, 0.4) is 0 Å². The fourth-order valence-corrected chi connectivity index (χ4v) is 1.35. The topological polar surface area (TPSA) is 53.2 Å². The van der Waals surface area contributed by atoms with Crippen LogP contribution in [0, 0.1) is 0 Å². The molecule has 0 aliphatic heterocycles. The molecule has 4 nitrogen and oxygen atoms in total. The maximum absolute atomic E-state index is 11.6. The summed E-state index contributed by atoms with van der Waals surface area (Å²) < 4.78 is 0. The van der Waals surface area contributed by atoms with Gasteiger partial charge >= 0.3 is 0 Å². The van der Waals surface area contributed by atoms with E-state index in [1.165, 1.54) is 0 Å². The second-order valence-corrected chi connectivity index (χ2v) is 4.22. The molecule has 0 heterocycles. The number of amides is 1. The summed E-state index contributed by atoms with van der Waals surface area (Å²) in [5.41, 5.74) is 7.59. The van der Waals surface area contributed by atoms with Crippen LogP contribution in [0.5, 0.6) is 0 Å². The fraction of sp³-hybridized carbons (Fsp3) is 0.364. The van der Waals surface area contributed by atoms with Crippen LogP contribution in [0.1, 0.15) is 22.8 Å². The minimum absolute atomic E-state index is 0.101. The minimum atomic E-state index is -0.141. The quantitative estimate of drug-likeness (QED) is 0.351. The zero-order valence-corrected chi connectivity index (χ0v) is 10.3. The van der Waals surface area contributed by atoms with Crippen molar-refractivity contribution in [3.63, 3.8) is 0 Å². The van der Waals surface area contributed by atoms with Crippen LogP contribution in [0.25, 0.3) is 0 Å². The maximum atomic E-state index is 11.6. The molecule has 16 heavy (non-hydrogen) atoms. The predicted molar refractivity (Wildman–Crippen MR) is 68.3 cm³/mol. The van der Waals surface area contributed by atoms with Crippen LogP contribution in [0.4, 0.5) is 0 Å². The van der Waals surface area contributed by atoms with Gasteiger partial charge in [-0.2, -0.15) is 12.6 Å². The average molecular weight is 239 g/mol. The number of rotatable bonds is 5. The molecule has 1 aromatic rings. The number of carbonyl (C=O) groups excluding carboxylic acids is 1. The molecular formula is C11H17N3OS. The van der Waals surface area contributed by atoms with E-state index in [9.17, 15) is 4.79 Å². The summed E-state index contributed by atoms with van der Waals surface area (Å²) in [5.74, 6) is -0.101. The molecule has 0 aliphatic rings. The Labute approximate surface area is 101 Å². The van der Waals surface area contributed by atoms with Crippen LogP contribution in [-0.4, -0.2) is 18.3 Å². The molecule has 0 radical (unpaired) electrons. The van der Waals surface area contributed by atoms with Gasteiger partial charge in [-0.3, -0.25) is 15.6 Å². The minimum Gasteiger partial charge on any atom is -0.341 e. The van der Waals surface area contributed by atoms with E-state index < -0.39 is 0 Å². The van der Waals surface area contributed by atoms with Crippen molar-refractivity contribution in [2.75, 3.05) is 7.05 Å². The highest BCUT2D eigenvalue weighted by Crippen LogP contribution is 2.04. The predicted octanol–water partition coefficient (Wildman–Crippen LogP) is 0.916. The number of hydrazine groups is 1. The number of nitrogens with one attached hydrogen (secondary N) is 3. The Bertz CT molecular complexity index is 338. The summed E-state index contributed by atoms with van der Waals surface area (Å²) in [7, 11) is 1.82. The molecule has 0 fully saturated rings. The summed E-state index contributed by atoms with van der Waals surface area (Å²) >= 11 is 4.10. The van der Waals surface area contributed by atoms with E-state index in [0.717, 1.165) is 12.1 Å². The van der Waals surface area contributed by atoms with E-state index in [0.29, 0.717) is 5.56 Å². The number of carbonyl (C=O) groups is 1. The van der Waals surface area contributed by atoms with Gasteiger partial charge in [0, 0.05) is 12.1 Å². The van der Waals surface area contributed by atoms with Crippen molar-refractivity contribution >= 4 is 18.5 Å². The molecule has 0 aromatic heterocycles. The van der Waals surface area contributed by atoms with E-state index >= 15 is 0 Å². The molecule has 0 bridgehead atoms. The van der Waals surface area contributed by atoms with Crippen molar-refractivity contribution in [2.45, 2.75) is 18.8 Å². The molecule has 1 rings (SSSR count). The van der Waals surface area contributed by atoms with Gasteiger partial charge in [0.05, 0.1) is 5.37 Å². The smallest absolute Gasteiger partial charge is 0.252 e. The van der Waals surface area contributed by atoms with Crippen molar-refractivity contribution < 1.29 is 4.79 Å². The van der Waals surface area contributed by atoms with E-state index in [1.54, 1.807) is 12.1 Å². The van der Waals surface area contributed by atoms with Gasteiger partial charge in [-0.15, -0.1) is 0 Å². The van der Waals surface area contributed by atoms with Gasteiger partial charge in [-0.05, 0) is 31.7 Å². The van der Waals surface area contributed by atoms with E-state index in [1.807, 2.05) is 26.1 Å². The molecule has 0 saturated carbocycles. The lowest BCUT2D eigenvalue weighted by atomic mass is 10.1. The molecular weight excluding hydrogens is 222 g/mol. The number of thiol groups is 1. The maximum Gasteiger partial charge on any atom is 0.252 e. The van der Waals surface area contributed by atoms with Gasteiger partial charge in [0.2, 0.25) is 0 Å². The lowest BCUT2D eigenvalue weighted by Gasteiger charge is -2.08. The molecule has 1 amide bonds. The summed E-state index contributed by atoms with van der Waals surface area (Å²) in [4.78, 5) is 11.6. The molecule has 88 valence electrons. The Morgan fingerprint density at radius 1 is 1.38 bits per heavy atom. The van der Waals surface area contributed by atoms with Gasteiger partial charge in [-0.25, -0.2) is 0 Å². The Balaban J connectivity index is 2.60. The summed E-state index contributed by atoms with van der Waals surface area (Å²) in [6, 6.07) is 7.45. The summed E-state index contributed by atoms with van der Waals surface area (Å²) in [5, 5.41) is 2.58. The standard InChI is InChI=1S/C11H17N3OS/c1-8(16)14-11(15)10-5-3-9(4-6-10)7-13-12-2/h3-6,8,12-13,16H,7H2,1-2H3,(H,14,15). The first-order chi connectivity index (χ1) is 7.63. The zero-order valence-electron chi connectivity index (χ0n) is 9.45. The molecule has 1 aromatic carbocycles. The monoisotopic (exact) mass is 239 g/mol. The number of hydrogen-bond acceptors (Lipinski definition) is 4. The first-order valence-corrected chi connectivity index (χ1v) is 5.62. The van der Waals surface area contributed by atoms with Crippen LogP contribution in [0.15, 0.2) is 24.3 Å². The largest absolute Gasteiger partial charge is 0.341 e. The van der Waals surface area contributed by atoms with Crippen molar-refractivity contribution in [1.82, 2.24) is 16.2 Å². The van der Waals surface area contributed by atoms with Crippen molar-refractivity contribution in [3.8, 4) is 0 Å². The fourth-order valence-electron chi connectivity index (χ4n) is 1.24. The van der Waals surface area contributed by atoms with E-state index in [2.05, 4.69) is 28.8 Å². The molecule has 0 aliphatic carbocycles. The molecule has 0 spiro atoms. The molecule has 1 atom stereocenters. The molecule has 1 unspecified atom stereocenters. The lowest BCUT2D eigenvalue weighted by molar-refractivity contribution is 0.0952. The molecule has 0 saturated heterocycles. The Morgan fingerprint density at radius 3 is 2.50 bits per heavy atom. The second kappa shape index (κ2) is 6.52. The Kier molecular flexibility index (Phi) is 5.31. The van der Waals surface area contributed by atoms with Crippen LogP contribution in [-0.2, 0) is 6.54 Å². The van der Waals surface area contributed by atoms with Crippen LogP contribution < -0.4 is 16.2 Å². The first kappa shape index (κ1) is 13.0. The third kappa shape index (κ3) is 4.22. The number of hydrogen-bond donors (Lipinski definition) is 4. The van der Waals surface area contributed by atoms with E-state index in [-0.39, 0.29) is 11.3 Å². The summed E-state index contributed by atoms with van der Waals surface area (Å²) in [6.07, 6.45) is 0. The van der Waals surface area contributed by atoms with Gasteiger partial charge in [-0.1, -0.05) is 12.1 Å². The van der Waals surface area contributed by atoms with Crippen molar-refractivity contribution in [3.05, 3.63) is 35.4 Å². The third-order valence-corrected chi connectivity index (χ3v) is 2.15. The van der Waals surface area contributed by atoms with Crippen molar-refractivity contribution in [2.24, 2.45) is 0 Å². The highest BCUT2D eigenvalue weighted by molar-refractivity contribution is 7.80. The highest BCUT2D eigenvalue weighted by atomic mass is 32.1. The van der Waals surface area contributed by atoms with Crippen molar-refractivity contribution in [1.29, 1.82) is 0 Å². The second-order valence-electron chi connectivity index (χ2n) is 3.45. The van der Waals surface area contributed by atoms with Crippen LogP contribution in [0.2, 0.25) is 0 Å². The molecule has 3 N–H and O–H groups in total. The van der Waals surface area contributed by atoms with Gasteiger partial charge < -0.3 is 5.32 Å². The normalized spacial score (nSPS) is 12.2. The Hall–Kier alpha value is -1.04.